The summed E-state index contributed by atoms with van der Waals surface area (Å²) in [7, 11) is -3.54. The highest BCUT2D eigenvalue weighted by Crippen LogP contribution is 2.49. The highest BCUT2D eigenvalue weighted by Gasteiger charge is 2.48. The maximum atomic E-state index is 12.7. The first-order chi connectivity index (χ1) is 13.4. The molecule has 2 rings (SSSR count). The minimum atomic E-state index is -5.82. The van der Waals surface area contributed by atoms with Crippen molar-refractivity contribution >= 4 is 40.5 Å². The van der Waals surface area contributed by atoms with E-state index in [9.17, 15) is 21.6 Å². The summed E-state index contributed by atoms with van der Waals surface area (Å²) < 4.78 is 76.1. The molecule has 0 spiro atoms. The van der Waals surface area contributed by atoms with Crippen LogP contribution in [0.5, 0.6) is 17.2 Å². The molecule has 0 saturated heterocycles. The summed E-state index contributed by atoms with van der Waals surface area (Å²) in [5.74, 6) is -0.338. The molecule has 0 radical (unpaired) electrons. The first-order valence-corrected chi connectivity index (χ1v) is 13.1. The van der Waals surface area contributed by atoms with Gasteiger partial charge in [0.05, 0.1) is 7.11 Å². The average Bonchev–Trinajstić information content (AvgIpc) is 2.59. The Hall–Kier alpha value is -1.08. The van der Waals surface area contributed by atoms with Crippen LogP contribution in [-0.2, 0) is 10.1 Å². The summed E-state index contributed by atoms with van der Waals surface area (Å²) in [6.45, 7) is 7.97. The molecule has 0 aliphatic heterocycles. The van der Waals surface area contributed by atoms with Crippen molar-refractivity contribution in [2.24, 2.45) is 5.92 Å². The number of ether oxygens (including phenoxy) is 1. The number of rotatable bonds is 7. The van der Waals surface area contributed by atoms with Gasteiger partial charge in [0.15, 0.2) is 0 Å². The lowest BCUT2D eigenvalue weighted by Gasteiger charge is -2.32. The Balaban J connectivity index is 2.64. The Kier molecular flexibility index (Phi) is 7.82. The Labute approximate surface area is 184 Å². The standard InChI is InChI=1S/C18H20F3IO5S2/c1-10(2)13-6-5-11(3)7-14(13)17-15(25-4)8-12(9-16(17)26-28-22)27-29(23,24)18(19,20)21/h7-9,13-14H,1,5-6H2,2-4H3/t13-,14+/m0/s1. The van der Waals surface area contributed by atoms with Crippen LogP contribution in [0.2, 0.25) is 0 Å². The lowest BCUT2D eigenvalue weighted by molar-refractivity contribution is -0.0500. The van der Waals surface area contributed by atoms with Gasteiger partial charge in [0.2, 0.25) is 0 Å². The zero-order valence-corrected chi connectivity index (χ0v) is 19.7. The van der Waals surface area contributed by atoms with Gasteiger partial charge in [-0.1, -0.05) is 23.8 Å². The largest absolute Gasteiger partial charge is 0.534 e. The number of benzene rings is 1. The molecule has 5 nitrogen and oxygen atoms in total. The van der Waals surface area contributed by atoms with Gasteiger partial charge in [0, 0.05) is 44.8 Å². The van der Waals surface area contributed by atoms with E-state index < -0.39 is 21.4 Å². The number of allylic oxidation sites excluding steroid dienone is 3. The van der Waals surface area contributed by atoms with Crippen LogP contribution >= 0.6 is 30.4 Å². The second-order valence-electron chi connectivity index (χ2n) is 6.70. The van der Waals surface area contributed by atoms with Gasteiger partial charge in [0.1, 0.15) is 26.5 Å². The molecule has 1 aromatic rings. The summed E-state index contributed by atoms with van der Waals surface area (Å²) in [6.07, 6.45) is 3.81. The second kappa shape index (κ2) is 9.38. The highest BCUT2D eigenvalue weighted by molar-refractivity contribution is 14.2. The van der Waals surface area contributed by atoms with Crippen molar-refractivity contribution in [1.29, 1.82) is 0 Å². The van der Waals surface area contributed by atoms with Crippen LogP contribution in [0.15, 0.2) is 35.9 Å². The SMILES string of the molecule is C=C(C)[C@@H]1CCC(C)=C[C@H]1c1c(OC)cc(OS(=O)(=O)C(F)(F)F)cc1OSI. The molecular formula is C18H20F3IO5S2. The van der Waals surface area contributed by atoms with Gasteiger partial charge in [-0.2, -0.15) is 21.6 Å². The molecule has 0 bridgehead atoms. The van der Waals surface area contributed by atoms with Crippen LogP contribution in [0, 0.1) is 5.92 Å². The third-order valence-electron chi connectivity index (χ3n) is 4.62. The number of alkyl halides is 3. The Morgan fingerprint density at radius 2 is 1.93 bits per heavy atom. The topological polar surface area (TPSA) is 61.8 Å². The molecule has 11 heteroatoms. The normalized spacial score (nSPS) is 20.0. The molecule has 0 saturated carbocycles. The van der Waals surface area contributed by atoms with Crippen molar-refractivity contribution < 1.29 is 34.7 Å². The van der Waals surface area contributed by atoms with Gasteiger partial charge in [-0.25, -0.2) is 0 Å². The zero-order valence-electron chi connectivity index (χ0n) is 15.9. The molecule has 0 N–H and O–H groups in total. The summed E-state index contributed by atoms with van der Waals surface area (Å²) in [4.78, 5) is 0. The fourth-order valence-corrected chi connectivity index (χ4v) is 4.54. The van der Waals surface area contributed by atoms with Crippen LogP contribution < -0.4 is 13.1 Å². The van der Waals surface area contributed by atoms with E-state index in [4.69, 9.17) is 8.92 Å². The van der Waals surface area contributed by atoms with Crippen molar-refractivity contribution in [2.75, 3.05) is 7.11 Å². The van der Waals surface area contributed by atoms with Gasteiger partial charge in [-0.15, -0.1) is 0 Å². The van der Waals surface area contributed by atoms with E-state index in [1.165, 1.54) is 7.11 Å². The van der Waals surface area contributed by atoms with Crippen LogP contribution in [-0.4, -0.2) is 21.0 Å². The van der Waals surface area contributed by atoms with Crippen LogP contribution in [0.1, 0.15) is 38.2 Å². The number of halogens is 4. The Morgan fingerprint density at radius 1 is 1.31 bits per heavy atom. The molecule has 1 aromatic carbocycles. The predicted octanol–water partition coefficient (Wildman–Crippen LogP) is 6.32. The first kappa shape index (κ1) is 24.2. The summed E-state index contributed by atoms with van der Waals surface area (Å²) in [5.41, 5.74) is -2.84. The van der Waals surface area contributed by atoms with Crippen molar-refractivity contribution in [3.63, 3.8) is 0 Å². The molecule has 0 aromatic heterocycles. The van der Waals surface area contributed by atoms with Gasteiger partial charge in [0.25, 0.3) is 0 Å². The quantitative estimate of drug-likeness (QED) is 0.127. The highest BCUT2D eigenvalue weighted by atomic mass is 127. The molecule has 0 fully saturated rings. The van der Waals surface area contributed by atoms with Gasteiger partial charge < -0.3 is 13.1 Å². The second-order valence-corrected chi connectivity index (χ2v) is 9.61. The van der Waals surface area contributed by atoms with E-state index in [1.54, 1.807) is 0 Å². The van der Waals surface area contributed by atoms with Gasteiger partial charge >= 0.3 is 15.6 Å². The fourth-order valence-electron chi connectivity index (χ4n) is 3.31. The smallest absolute Gasteiger partial charge is 0.496 e. The lowest BCUT2D eigenvalue weighted by Crippen LogP contribution is -2.28. The molecule has 2 atom stereocenters. The van der Waals surface area contributed by atoms with E-state index >= 15 is 0 Å². The first-order valence-electron chi connectivity index (χ1n) is 8.42. The third kappa shape index (κ3) is 5.54. The van der Waals surface area contributed by atoms with Crippen LogP contribution in [0.25, 0.3) is 0 Å². The molecule has 0 heterocycles. The van der Waals surface area contributed by atoms with Crippen molar-refractivity contribution in [3.8, 4) is 17.2 Å². The monoisotopic (exact) mass is 564 g/mol. The summed E-state index contributed by atoms with van der Waals surface area (Å²) in [5, 5.41) is 0. The molecular weight excluding hydrogens is 544 g/mol. The Bertz CT molecular complexity index is 913. The predicted molar refractivity (Wildman–Crippen MR) is 115 cm³/mol. The minimum absolute atomic E-state index is 0.0693. The third-order valence-corrected chi connectivity index (χ3v) is 6.38. The fraction of sp³-hybridized carbons (Fsp3) is 0.444. The van der Waals surface area contributed by atoms with E-state index in [-0.39, 0.29) is 23.3 Å². The van der Waals surface area contributed by atoms with Gasteiger partial charge in [-0.3, -0.25) is 0 Å². The van der Waals surface area contributed by atoms with E-state index in [2.05, 4.69) is 16.8 Å². The molecule has 1 aliphatic carbocycles. The molecule has 29 heavy (non-hydrogen) atoms. The lowest BCUT2D eigenvalue weighted by atomic mass is 9.74. The molecule has 162 valence electrons. The zero-order chi connectivity index (χ0) is 22.0. The summed E-state index contributed by atoms with van der Waals surface area (Å²) >= 11 is 1.86. The summed E-state index contributed by atoms with van der Waals surface area (Å²) in [6, 6.07) is 2.25. The van der Waals surface area contributed by atoms with Crippen molar-refractivity contribution in [2.45, 2.75) is 38.1 Å². The minimum Gasteiger partial charge on any atom is -0.496 e. The van der Waals surface area contributed by atoms with E-state index in [0.717, 1.165) is 45.3 Å². The molecule has 1 aliphatic rings. The Morgan fingerprint density at radius 3 is 2.45 bits per heavy atom. The van der Waals surface area contributed by atoms with Crippen molar-refractivity contribution in [1.82, 2.24) is 0 Å². The number of hydrogen-bond donors (Lipinski definition) is 0. The van der Waals surface area contributed by atoms with Crippen molar-refractivity contribution in [3.05, 3.63) is 41.5 Å². The van der Waals surface area contributed by atoms with Gasteiger partial charge in [-0.05, 0) is 32.6 Å². The average molecular weight is 564 g/mol. The van der Waals surface area contributed by atoms with E-state index in [0.29, 0.717) is 5.56 Å². The number of methoxy groups -OCH3 is 1. The van der Waals surface area contributed by atoms with E-state index in [1.807, 2.05) is 35.1 Å². The maximum Gasteiger partial charge on any atom is 0.534 e. The van der Waals surface area contributed by atoms with Crippen LogP contribution in [0.3, 0.4) is 0 Å². The molecule has 0 unspecified atom stereocenters. The maximum absolute atomic E-state index is 12.7. The van der Waals surface area contributed by atoms with Crippen LogP contribution in [0.4, 0.5) is 13.2 Å². The number of hydrogen-bond acceptors (Lipinski definition) is 6. The molecule has 0 amide bonds.